The summed E-state index contributed by atoms with van der Waals surface area (Å²) in [6.45, 7) is 2.21. The Labute approximate surface area is 358 Å². The zero-order chi connectivity index (χ0) is 43.3. The molecule has 0 saturated carbocycles. The lowest BCUT2D eigenvalue weighted by atomic mass is 10.1. The van der Waals surface area contributed by atoms with Gasteiger partial charge in [-0.25, -0.2) is 4.57 Å². The van der Waals surface area contributed by atoms with Crippen LogP contribution in [0.5, 0.6) is 0 Å². The summed E-state index contributed by atoms with van der Waals surface area (Å²) in [5, 5.41) is 18.3. The Kier molecular flexibility index (Phi) is 41.2. The first-order valence-corrected chi connectivity index (χ1v) is 24.0. The zero-order valence-electron chi connectivity index (χ0n) is 36.7. The molecule has 0 heterocycles. The van der Waals surface area contributed by atoms with Crippen LogP contribution in [0.15, 0.2) is 85.1 Å². The predicted molar refractivity (Wildman–Crippen MR) is 242 cm³/mol. The Morgan fingerprint density at radius 3 is 1.42 bits per heavy atom. The van der Waals surface area contributed by atoms with E-state index in [1.807, 2.05) is 18.2 Å². The van der Waals surface area contributed by atoms with Crippen molar-refractivity contribution in [2.45, 2.75) is 180 Å². The highest BCUT2D eigenvalue weighted by Crippen LogP contribution is 2.43. The van der Waals surface area contributed by atoms with Crippen LogP contribution in [0.2, 0.25) is 0 Å². The fraction of sp³-hybridized carbons (Fsp3) is 0.667. The lowest BCUT2D eigenvalue weighted by Gasteiger charge is -2.20. The molecule has 0 rings (SSSR count). The summed E-state index contributed by atoms with van der Waals surface area (Å²) in [7, 11) is -4.65. The largest absolute Gasteiger partial charge is 0.472 e. The third-order valence-electron chi connectivity index (χ3n) is 9.04. The fourth-order valence-electron chi connectivity index (χ4n) is 5.54. The summed E-state index contributed by atoms with van der Waals surface area (Å²) < 4.78 is 32.6. The van der Waals surface area contributed by atoms with Crippen LogP contribution in [0.4, 0.5) is 0 Å². The number of carbonyl (C=O) groups is 2. The van der Waals surface area contributed by atoms with Crippen molar-refractivity contribution in [3.63, 3.8) is 0 Å². The molecule has 0 fully saturated rings. The number of unbranched alkanes of at least 4 members (excludes halogenated alkanes) is 13. The third kappa shape index (κ3) is 43.1. The van der Waals surface area contributed by atoms with Crippen LogP contribution in [0, 0.1) is 0 Å². The molecule has 0 bridgehead atoms. The SMILES string of the molecule is CCCCC/C=C/C/C=C/C/C=C/C/C=C/C/C=C/CCC(=O)OC[C@H](COP(=O)(O)OC[C@@H](O)CO)OC(=O)CCC/C=C/C/C=C/CCCCCCCCCCC. The fourth-order valence-corrected chi connectivity index (χ4v) is 6.33. The minimum atomic E-state index is -4.65. The van der Waals surface area contributed by atoms with Crippen molar-refractivity contribution < 1.29 is 47.8 Å². The summed E-state index contributed by atoms with van der Waals surface area (Å²) in [5.41, 5.74) is 0. The minimum Gasteiger partial charge on any atom is -0.462 e. The van der Waals surface area contributed by atoms with Gasteiger partial charge in [0.1, 0.15) is 12.7 Å². The van der Waals surface area contributed by atoms with Crippen molar-refractivity contribution >= 4 is 19.8 Å². The zero-order valence-corrected chi connectivity index (χ0v) is 37.6. The van der Waals surface area contributed by atoms with Gasteiger partial charge in [-0.2, -0.15) is 0 Å². The molecular formula is C48H81O10P. The van der Waals surface area contributed by atoms with Gasteiger partial charge in [-0.1, -0.05) is 163 Å². The molecule has 3 N–H and O–H groups in total. The average Bonchev–Trinajstić information content (AvgIpc) is 3.22. The number of carbonyl (C=O) groups excluding carboxylic acids is 2. The van der Waals surface area contributed by atoms with Crippen LogP contribution in [0.3, 0.4) is 0 Å². The quantitative estimate of drug-likeness (QED) is 0.0235. The van der Waals surface area contributed by atoms with Gasteiger partial charge in [0.15, 0.2) is 6.10 Å². The lowest BCUT2D eigenvalue weighted by molar-refractivity contribution is -0.161. The molecule has 0 aliphatic heterocycles. The number of hydrogen-bond donors (Lipinski definition) is 3. The molecule has 11 heteroatoms. The van der Waals surface area contributed by atoms with E-state index in [2.05, 4.69) is 85.2 Å². The summed E-state index contributed by atoms with van der Waals surface area (Å²) in [5.74, 6) is -1.08. The Balaban J connectivity index is 4.47. The molecule has 0 spiro atoms. The highest BCUT2D eigenvalue weighted by atomic mass is 31.2. The number of phosphoric ester groups is 1. The predicted octanol–water partition coefficient (Wildman–Crippen LogP) is 12.2. The van der Waals surface area contributed by atoms with Crippen molar-refractivity contribution in [3.05, 3.63) is 85.1 Å². The molecular weight excluding hydrogens is 767 g/mol. The van der Waals surface area contributed by atoms with Crippen molar-refractivity contribution in [1.29, 1.82) is 0 Å². The standard InChI is InChI=1S/C48H81O10P/c1-3-5-7-9-11-13-15-17-19-21-22-24-25-27-29-31-33-35-37-39-47(51)55-43-46(44-57-59(53,54)56-42-45(50)41-49)58-48(52)40-38-36-34-32-30-28-26-23-20-18-16-14-12-10-8-6-4-2/h11,13,17,19,22,24,26-29,32-35,45-46,49-50H,3-10,12,14-16,18,20-21,23,25,30-31,36-44H2,1-2H3,(H,53,54)/b13-11+,19-17+,24-22+,28-26+,29-27+,34-32+,35-33+/t45-,46+/m0/s1. The normalized spacial score (nSPS) is 14.6. The number of allylic oxidation sites excluding steroid dienone is 14. The number of hydrogen-bond acceptors (Lipinski definition) is 9. The molecule has 0 aromatic heterocycles. The Morgan fingerprint density at radius 2 is 0.915 bits per heavy atom. The number of ether oxygens (including phenoxy) is 2. The van der Waals surface area contributed by atoms with Crippen molar-refractivity contribution in [2.75, 3.05) is 26.4 Å². The number of aliphatic hydroxyl groups excluding tert-OH is 2. The smallest absolute Gasteiger partial charge is 0.462 e. The first-order valence-electron chi connectivity index (χ1n) is 22.5. The van der Waals surface area contributed by atoms with Crippen molar-refractivity contribution in [2.24, 2.45) is 0 Å². The molecule has 0 radical (unpaired) electrons. The van der Waals surface area contributed by atoms with Gasteiger partial charge in [-0.05, 0) is 77.0 Å². The van der Waals surface area contributed by atoms with Gasteiger partial charge >= 0.3 is 19.8 Å². The van der Waals surface area contributed by atoms with Crippen molar-refractivity contribution in [3.8, 4) is 0 Å². The number of rotatable bonds is 41. The number of aliphatic hydroxyl groups is 2. The van der Waals surface area contributed by atoms with E-state index in [4.69, 9.17) is 19.1 Å². The maximum Gasteiger partial charge on any atom is 0.472 e. The monoisotopic (exact) mass is 849 g/mol. The van der Waals surface area contributed by atoms with E-state index < -0.39 is 51.8 Å². The molecule has 0 amide bonds. The van der Waals surface area contributed by atoms with Crippen LogP contribution in [-0.2, 0) is 32.7 Å². The first-order chi connectivity index (χ1) is 28.7. The molecule has 10 nitrogen and oxygen atoms in total. The topological polar surface area (TPSA) is 149 Å². The molecule has 0 aliphatic carbocycles. The second-order valence-electron chi connectivity index (χ2n) is 14.7. The summed E-state index contributed by atoms with van der Waals surface area (Å²) in [6, 6.07) is 0. The highest BCUT2D eigenvalue weighted by Gasteiger charge is 2.27. The van der Waals surface area contributed by atoms with Crippen LogP contribution >= 0.6 is 7.82 Å². The van der Waals surface area contributed by atoms with E-state index in [0.717, 1.165) is 38.5 Å². The molecule has 0 saturated heterocycles. The Bertz CT molecular complexity index is 1250. The maximum absolute atomic E-state index is 12.6. The van der Waals surface area contributed by atoms with E-state index in [1.165, 1.54) is 83.5 Å². The average molecular weight is 849 g/mol. The number of esters is 2. The Morgan fingerprint density at radius 1 is 0.508 bits per heavy atom. The molecule has 0 aromatic rings. The van der Waals surface area contributed by atoms with Gasteiger partial charge in [0.2, 0.25) is 0 Å². The van der Waals surface area contributed by atoms with Gasteiger partial charge in [0.25, 0.3) is 0 Å². The molecule has 59 heavy (non-hydrogen) atoms. The first kappa shape index (κ1) is 56.1. The Hall–Kier alpha value is -2.85. The lowest BCUT2D eigenvalue weighted by Crippen LogP contribution is -2.29. The molecule has 3 atom stereocenters. The molecule has 0 aliphatic rings. The summed E-state index contributed by atoms with van der Waals surface area (Å²) in [6.07, 6.45) is 51.4. The van der Waals surface area contributed by atoms with Crippen LogP contribution in [-0.4, -0.2) is 65.7 Å². The number of phosphoric acid groups is 1. The van der Waals surface area contributed by atoms with E-state index in [1.54, 1.807) is 0 Å². The van der Waals surface area contributed by atoms with E-state index in [0.29, 0.717) is 19.3 Å². The minimum absolute atomic E-state index is 0.101. The highest BCUT2D eigenvalue weighted by molar-refractivity contribution is 7.47. The van der Waals surface area contributed by atoms with Crippen LogP contribution in [0.1, 0.15) is 168 Å². The second-order valence-corrected chi connectivity index (χ2v) is 16.2. The van der Waals surface area contributed by atoms with Gasteiger partial charge in [-0.15, -0.1) is 0 Å². The third-order valence-corrected chi connectivity index (χ3v) is 9.99. The molecule has 0 aromatic carbocycles. The van der Waals surface area contributed by atoms with E-state index in [9.17, 15) is 24.2 Å². The second kappa shape index (κ2) is 43.2. The van der Waals surface area contributed by atoms with Crippen LogP contribution < -0.4 is 0 Å². The maximum atomic E-state index is 12.6. The molecule has 1 unspecified atom stereocenters. The van der Waals surface area contributed by atoms with Gasteiger partial charge in [0.05, 0.1) is 19.8 Å². The van der Waals surface area contributed by atoms with Gasteiger partial charge in [-0.3, -0.25) is 18.6 Å². The van der Waals surface area contributed by atoms with Gasteiger partial charge < -0.3 is 24.6 Å². The summed E-state index contributed by atoms with van der Waals surface area (Å²) in [4.78, 5) is 35.0. The van der Waals surface area contributed by atoms with Crippen LogP contribution in [0.25, 0.3) is 0 Å². The van der Waals surface area contributed by atoms with Crippen molar-refractivity contribution in [1.82, 2.24) is 0 Å². The molecule has 338 valence electrons. The van der Waals surface area contributed by atoms with Gasteiger partial charge in [0, 0.05) is 12.8 Å². The summed E-state index contributed by atoms with van der Waals surface area (Å²) >= 11 is 0. The van der Waals surface area contributed by atoms with E-state index in [-0.39, 0.29) is 19.4 Å². The van der Waals surface area contributed by atoms with E-state index >= 15 is 0 Å².